The van der Waals surface area contributed by atoms with Gasteiger partial charge in [0.2, 0.25) is 5.88 Å². The predicted molar refractivity (Wildman–Crippen MR) is 69.0 cm³/mol. The van der Waals surface area contributed by atoms with Crippen molar-refractivity contribution in [3.8, 4) is 5.88 Å². The number of fused-ring (bicyclic) bond motifs is 1. The average molecular weight is 267 g/mol. The monoisotopic (exact) mass is 266 g/mol. The highest BCUT2D eigenvalue weighted by molar-refractivity contribution is 6.17. The zero-order valence-electron chi connectivity index (χ0n) is 10.3. The smallest absolute Gasteiger partial charge is 0.245 e. The van der Waals surface area contributed by atoms with E-state index in [0.717, 1.165) is 35.9 Å². The topological polar surface area (TPSA) is 52.8 Å². The molecule has 5 nitrogen and oxygen atoms in total. The molecular weight excluding hydrogens is 252 g/mol. The molecule has 0 atom stereocenters. The van der Waals surface area contributed by atoms with Crippen LogP contribution in [0.1, 0.15) is 18.7 Å². The van der Waals surface area contributed by atoms with E-state index in [-0.39, 0.29) is 0 Å². The molecule has 0 unspecified atom stereocenters. The maximum absolute atomic E-state index is 5.84. The van der Waals surface area contributed by atoms with Gasteiger partial charge < -0.3 is 9.30 Å². The lowest BCUT2D eigenvalue weighted by Gasteiger charge is -2.06. The van der Waals surface area contributed by atoms with E-state index < -0.39 is 0 Å². The maximum atomic E-state index is 5.84. The number of aryl methyl sites for hydroxylation is 1. The number of alkyl halides is 1. The molecule has 0 N–H and O–H groups in total. The molecule has 96 valence electrons. The lowest BCUT2D eigenvalue weighted by atomic mass is 10.4. The first-order valence-corrected chi connectivity index (χ1v) is 6.67. The molecule has 1 saturated carbocycles. The van der Waals surface area contributed by atoms with Gasteiger partial charge in [0.15, 0.2) is 11.2 Å². The summed E-state index contributed by atoms with van der Waals surface area (Å²) in [6.07, 6.45) is 4.86. The highest BCUT2D eigenvalue weighted by Gasteiger charge is 2.25. The van der Waals surface area contributed by atoms with E-state index in [1.54, 1.807) is 7.11 Å². The van der Waals surface area contributed by atoms with Gasteiger partial charge in [0, 0.05) is 18.8 Å². The van der Waals surface area contributed by atoms with Crippen LogP contribution in [0.3, 0.4) is 0 Å². The first-order valence-electron chi connectivity index (χ1n) is 6.13. The number of hydrogen-bond donors (Lipinski definition) is 0. The summed E-state index contributed by atoms with van der Waals surface area (Å²) in [5.41, 5.74) is 1.59. The Morgan fingerprint density at radius 3 is 2.94 bits per heavy atom. The quantitative estimate of drug-likeness (QED) is 0.777. The normalized spacial score (nSPS) is 15.2. The number of imidazole rings is 1. The van der Waals surface area contributed by atoms with Crippen LogP contribution in [0.15, 0.2) is 6.33 Å². The van der Waals surface area contributed by atoms with Crippen LogP contribution in [0.5, 0.6) is 5.88 Å². The molecule has 2 heterocycles. The van der Waals surface area contributed by atoms with Gasteiger partial charge in [-0.1, -0.05) is 0 Å². The van der Waals surface area contributed by atoms with E-state index in [2.05, 4.69) is 19.5 Å². The highest BCUT2D eigenvalue weighted by atomic mass is 35.5. The standard InChI is InChI=1S/C12H15ClN4O/c1-18-12-10-11(14-7-15-12)17(6-8-2-3-8)9(16-10)4-5-13/h7-8H,2-6H2,1H3. The molecule has 0 bridgehead atoms. The lowest BCUT2D eigenvalue weighted by molar-refractivity contribution is 0.401. The van der Waals surface area contributed by atoms with E-state index in [9.17, 15) is 0 Å². The zero-order chi connectivity index (χ0) is 12.5. The van der Waals surface area contributed by atoms with E-state index in [0.29, 0.717) is 11.8 Å². The van der Waals surface area contributed by atoms with Gasteiger partial charge in [0.25, 0.3) is 0 Å². The summed E-state index contributed by atoms with van der Waals surface area (Å²) in [4.78, 5) is 13.0. The van der Waals surface area contributed by atoms with Crippen molar-refractivity contribution in [2.24, 2.45) is 5.92 Å². The van der Waals surface area contributed by atoms with Crippen molar-refractivity contribution < 1.29 is 4.74 Å². The molecule has 6 heteroatoms. The minimum Gasteiger partial charge on any atom is -0.479 e. The molecule has 0 saturated heterocycles. The second-order valence-corrected chi connectivity index (χ2v) is 4.95. The van der Waals surface area contributed by atoms with Crippen LogP contribution in [-0.4, -0.2) is 32.5 Å². The van der Waals surface area contributed by atoms with E-state index in [1.807, 2.05) is 0 Å². The van der Waals surface area contributed by atoms with Crippen LogP contribution in [0.2, 0.25) is 0 Å². The number of nitrogens with zero attached hydrogens (tertiary/aromatic N) is 4. The minimum absolute atomic E-state index is 0.533. The van der Waals surface area contributed by atoms with Crippen LogP contribution < -0.4 is 4.74 Å². The summed E-state index contributed by atoms with van der Waals surface area (Å²) in [6.45, 7) is 0.975. The van der Waals surface area contributed by atoms with Crippen LogP contribution in [0, 0.1) is 5.92 Å². The Balaban J connectivity index is 2.11. The molecule has 0 aliphatic heterocycles. The fourth-order valence-electron chi connectivity index (χ4n) is 2.14. The van der Waals surface area contributed by atoms with Gasteiger partial charge in [-0.3, -0.25) is 0 Å². The Morgan fingerprint density at radius 1 is 1.44 bits per heavy atom. The summed E-state index contributed by atoms with van der Waals surface area (Å²) in [7, 11) is 1.60. The number of ether oxygens (including phenoxy) is 1. The third kappa shape index (κ3) is 2.03. The molecule has 1 aliphatic rings. The van der Waals surface area contributed by atoms with Crippen molar-refractivity contribution in [3.05, 3.63) is 12.2 Å². The molecular formula is C12H15ClN4O. The van der Waals surface area contributed by atoms with Crippen molar-refractivity contribution in [2.75, 3.05) is 13.0 Å². The second-order valence-electron chi connectivity index (χ2n) is 4.58. The first kappa shape index (κ1) is 11.7. The maximum Gasteiger partial charge on any atom is 0.245 e. The van der Waals surface area contributed by atoms with Gasteiger partial charge in [-0.2, -0.15) is 4.98 Å². The summed E-state index contributed by atoms with van der Waals surface area (Å²) in [5, 5.41) is 0. The third-order valence-electron chi connectivity index (χ3n) is 3.23. The van der Waals surface area contributed by atoms with Crippen molar-refractivity contribution in [1.29, 1.82) is 0 Å². The van der Waals surface area contributed by atoms with Crippen LogP contribution in [-0.2, 0) is 13.0 Å². The third-order valence-corrected chi connectivity index (χ3v) is 3.42. The molecule has 2 aromatic rings. The molecule has 0 amide bonds. The van der Waals surface area contributed by atoms with Crippen molar-refractivity contribution in [1.82, 2.24) is 19.5 Å². The van der Waals surface area contributed by atoms with Crippen molar-refractivity contribution in [2.45, 2.75) is 25.8 Å². The Morgan fingerprint density at radius 2 is 2.28 bits per heavy atom. The first-order chi connectivity index (χ1) is 8.83. The Labute approximate surface area is 110 Å². The number of rotatable bonds is 5. The Kier molecular flexibility index (Phi) is 3.07. The summed E-state index contributed by atoms with van der Waals surface area (Å²) in [6, 6.07) is 0. The Hall–Kier alpha value is -1.36. The number of methoxy groups -OCH3 is 1. The molecule has 0 radical (unpaired) electrons. The van der Waals surface area contributed by atoms with E-state index >= 15 is 0 Å². The van der Waals surface area contributed by atoms with E-state index in [4.69, 9.17) is 16.3 Å². The zero-order valence-corrected chi connectivity index (χ0v) is 11.0. The van der Waals surface area contributed by atoms with Crippen LogP contribution in [0.4, 0.5) is 0 Å². The number of aromatic nitrogens is 4. The van der Waals surface area contributed by atoms with Gasteiger partial charge >= 0.3 is 0 Å². The van der Waals surface area contributed by atoms with Gasteiger partial charge in [0.05, 0.1) is 7.11 Å². The molecule has 2 aromatic heterocycles. The minimum atomic E-state index is 0.533. The van der Waals surface area contributed by atoms with Crippen molar-refractivity contribution >= 4 is 22.8 Å². The average Bonchev–Trinajstić information content (AvgIpc) is 3.13. The van der Waals surface area contributed by atoms with Crippen LogP contribution in [0.25, 0.3) is 11.2 Å². The molecule has 1 aliphatic carbocycles. The van der Waals surface area contributed by atoms with Gasteiger partial charge in [-0.25, -0.2) is 9.97 Å². The number of halogens is 1. The SMILES string of the molecule is COc1ncnc2c1nc(CCCl)n2CC1CC1. The van der Waals surface area contributed by atoms with Gasteiger partial charge in [-0.05, 0) is 18.8 Å². The molecule has 0 aromatic carbocycles. The molecule has 0 spiro atoms. The summed E-state index contributed by atoms with van der Waals surface area (Å²) in [5.74, 6) is 2.83. The lowest BCUT2D eigenvalue weighted by Crippen LogP contribution is -2.06. The predicted octanol–water partition coefficient (Wildman–Crippen LogP) is 2.03. The fraction of sp³-hybridized carbons (Fsp3) is 0.583. The van der Waals surface area contributed by atoms with Crippen molar-refractivity contribution in [3.63, 3.8) is 0 Å². The molecule has 3 rings (SSSR count). The number of hydrogen-bond acceptors (Lipinski definition) is 4. The molecule has 1 fully saturated rings. The second kappa shape index (κ2) is 4.72. The largest absolute Gasteiger partial charge is 0.479 e. The van der Waals surface area contributed by atoms with E-state index in [1.165, 1.54) is 19.2 Å². The fourth-order valence-corrected chi connectivity index (χ4v) is 2.31. The summed E-state index contributed by atoms with van der Waals surface area (Å²) >= 11 is 5.84. The summed E-state index contributed by atoms with van der Waals surface area (Å²) < 4.78 is 7.40. The Bertz CT molecular complexity index is 564. The van der Waals surface area contributed by atoms with Crippen LogP contribution >= 0.6 is 11.6 Å². The highest BCUT2D eigenvalue weighted by Crippen LogP contribution is 2.33. The molecule has 18 heavy (non-hydrogen) atoms. The van der Waals surface area contributed by atoms with Gasteiger partial charge in [0.1, 0.15) is 12.2 Å². The van der Waals surface area contributed by atoms with Gasteiger partial charge in [-0.15, -0.1) is 11.6 Å².